The summed E-state index contributed by atoms with van der Waals surface area (Å²) in [5.41, 5.74) is 3.51. The molecule has 0 saturated heterocycles. The smallest absolute Gasteiger partial charge is 0.317 e. The number of thiophene rings is 1. The molecule has 1 aromatic carbocycles. The molecule has 0 bridgehead atoms. The average molecular weight is 490 g/mol. The standard InChI is InChI=1S/C26H27N5O3S/c1-34-22-5-3-2-4-19(22)6-7-24(32)30-25-21(16-27)20-11-15-31(17-23(20)35-25)26(33)29-14-10-18-8-12-28-13-9-18/h2-5,8-9,12-13H,6-7,10-11,14-15,17H2,1H3,(H,29,33)(H,30,32). The fourth-order valence-electron chi connectivity index (χ4n) is 4.11. The van der Waals surface area contributed by atoms with E-state index in [4.69, 9.17) is 4.74 Å². The van der Waals surface area contributed by atoms with Gasteiger partial charge in [-0.25, -0.2) is 4.79 Å². The van der Waals surface area contributed by atoms with Gasteiger partial charge in [0.05, 0.1) is 19.2 Å². The topological polar surface area (TPSA) is 107 Å². The van der Waals surface area contributed by atoms with Crippen LogP contribution in [0.4, 0.5) is 9.80 Å². The minimum absolute atomic E-state index is 0.126. The summed E-state index contributed by atoms with van der Waals surface area (Å²) < 4.78 is 5.35. The number of nitriles is 1. The molecule has 0 unspecified atom stereocenters. The number of rotatable bonds is 8. The Labute approximate surface area is 208 Å². The molecular weight excluding hydrogens is 462 g/mol. The Morgan fingerprint density at radius 2 is 2.00 bits per heavy atom. The molecule has 2 N–H and O–H groups in total. The first-order valence-corrected chi connectivity index (χ1v) is 12.3. The van der Waals surface area contributed by atoms with E-state index in [0.29, 0.717) is 43.0 Å². The molecule has 3 amide bonds. The van der Waals surface area contributed by atoms with Crippen molar-refractivity contribution in [3.63, 3.8) is 0 Å². The van der Waals surface area contributed by atoms with Crippen molar-refractivity contribution in [3.05, 3.63) is 75.9 Å². The van der Waals surface area contributed by atoms with Crippen LogP contribution < -0.4 is 15.4 Å². The number of nitrogens with one attached hydrogen (secondary N) is 2. The van der Waals surface area contributed by atoms with Crippen molar-refractivity contribution in [2.45, 2.75) is 32.2 Å². The van der Waals surface area contributed by atoms with Crippen molar-refractivity contribution < 1.29 is 14.3 Å². The predicted molar refractivity (Wildman–Crippen MR) is 134 cm³/mol. The zero-order valence-corrected chi connectivity index (χ0v) is 20.4. The highest BCUT2D eigenvalue weighted by Crippen LogP contribution is 2.36. The van der Waals surface area contributed by atoms with Crippen LogP contribution in [0.5, 0.6) is 5.75 Å². The normalized spacial score (nSPS) is 12.4. The van der Waals surface area contributed by atoms with Crippen molar-refractivity contribution in [2.75, 3.05) is 25.5 Å². The van der Waals surface area contributed by atoms with E-state index in [9.17, 15) is 14.9 Å². The van der Waals surface area contributed by atoms with Crippen LogP contribution in [0.15, 0.2) is 48.8 Å². The number of urea groups is 1. The third-order valence-electron chi connectivity index (χ3n) is 5.96. The number of nitrogens with zero attached hydrogens (tertiary/aromatic N) is 3. The van der Waals surface area contributed by atoms with Crippen molar-refractivity contribution in [1.82, 2.24) is 15.2 Å². The van der Waals surface area contributed by atoms with Crippen molar-refractivity contribution in [1.29, 1.82) is 5.26 Å². The number of fused-ring (bicyclic) bond motifs is 1. The summed E-state index contributed by atoms with van der Waals surface area (Å²) in [4.78, 5) is 32.0. The Bertz CT molecular complexity index is 1240. The molecule has 0 saturated carbocycles. The third-order valence-corrected chi connectivity index (χ3v) is 7.09. The Morgan fingerprint density at radius 3 is 2.77 bits per heavy atom. The second kappa shape index (κ2) is 11.5. The monoisotopic (exact) mass is 489 g/mol. The molecule has 8 nitrogen and oxygen atoms in total. The summed E-state index contributed by atoms with van der Waals surface area (Å²) in [6.07, 6.45) is 5.61. The maximum atomic E-state index is 12.7. The predicted octanol–water partition coefficient (Wildman–Crippen LogP) is 3.91. The molecular formula is C26H27N5O3S. The number of methoxy groups -OCH3 is 1. The Kier molecular flexibility index (Phi) is 7.95. The second-order valence-corrected chi connectivity index (χ2v) is 9.29. The van der Waals surface area contributed by atoms with Gasteiger partial charge in [0, 0.05) is 36.8 Å². The number of para-hydroxylation sites is 1. The Morgan fingerprint density at radius 1 is 1.20 bits per heavy atom. The van der Waals surface area contributed by atoms with Gasteiger partial charge in [0.15, 0.2) is 0 Å². The number of ether oxygens (including phenoxy) is 1. The van der Waals surface area contributed by atoms with Gasteiger partial charge < -0.3 is 20.3 Å². The molecule has 2 aromatic heterocycles. The summed E-state index contributed by atoms with van der Waals surface area (Å²) in [6.45, 7) is 1.49. The minimum atomic E-state index is -0.156. The molecule has 0 spiro atoms. The lowest BCUT2D eigenvalue weighted by Crippen LogP contribution is -2.43. The van der Waals surface area contributed by atoms with E-state index in [1.165, 1.54) is 11.3 Å². The number of pyridine rings is 1. The molecule has 0 radical (unpaired) electrons. The summed E-state index contributed by atoms with van der Waals surface area (Å²) in [5.74, 6) is 0.598. The van der Waals surface area contributed by atoms with Gasteiger partial charge in [-0.1, -0.05) is 18.2 Å². The number of carbonyl (C=O) groups excluding carboxylic acids is 2. The van der Waals surface area contributed by atoms with Crippen molar-refractivity contribution in [3.8, 4) is 11.8 Å². The molecule has 9 heteroatoms. The van der Waals surface area contributed by atoms with Gasteiger partial charge in [-0.05, 0) is 54.2 Å². The average Bonchev–Trinajstić information content (AvgIpc) is 3.24. The summed E-state index contributed by atoms with van der Waals surface area (Å²) in [7, 11) is 1.61. The van der Waals surface area contributed by atoms with Crippen molar-refractivity contribution >= 4 is 28.3 Å². The number of carbonyl (C=O) groups is 2. The van der Waals surface area contributed by atoms with Crippen LogP contribution in [0.1, 0.15) is 33.6 Å². The van der Waals surface area contributed by atoms with E-state index in [2.05, 4.69) is 21.7 Å². The first-order chi connectivity index (χ1) is 17.1. The van der Waals surface area contributed by atoms with Gasteiger partial charge in [0.2, 0.25) is 5.91 Å². The first kappa shape index (κ1) is 24.2. The molecule has 180 valence electrons. The summed E-state index contributed by atoms with van der Waals surface area (Å²) >= 11 is 1.38. The number of aryl methyl sites for hydroxylation is 1. The molecule has 4 rings (SSSR count). The van der Waals surface area contributed by atoms with Crippen molar-refractivity contribution in [2.24, 2.45) is 0 Å². The molecule has 3 heterocycles. The van der Waals surface area contributed by atoms with Crippen LogP contribution in [-0.4, -0.2) is 42.0 Å². The number of anilines is 1. The highest BCUT2D eigenvalue weighted by Gasteiger charge is 2.27. The van der Waals surface area contributed by atoms with Gasteiger partial charge in [-0.15, -0.1) is 11.3 Å². The Hall–Kier alpha value is -3.90. The van der Waals surface area contributed by atoms with E-state index >= 15 is 0 Å². The lowest BCUT2D eigenvalue weighted by atomic mass is 10.0. The molecule has 1 aliphatic rings. The van der Waals surface area contributed by atoms with Crippen LogP contribution in [0.25, 0.3) is 0 Å². The fraction of sp³-hybridized carbons (Fsp3) is 0.308. The van der Waals surface area contributed by atoms with E-state index in [1.807, 2.05) is 36.4 Å². The lowest BCUT2D eigenvalue weighted by molar-refractivity contribution is -0.116. The number of hydrogen-bond donors (Lipinski definition) is 2. The van der Waals surface area contributed by atoms with Gasteiger partial charge in [0.1, 0.15) is 16.8 Å². The second-order valence-electron chi connectivity index (χ2n) is 8.19. The molecule has 0 atom stereocenters. The van der Waals surface area contributed by atoms with Gasteiger partial charge in [-0.3, -0.25) is 9.78 Å². The number of hydrogen-bond acceptors (Lipinski definition) is 6. The van der Waals surface area contributed by atoms with E-state index in [-0.39, 0.29) is 18.4 Å². The van der Waals surface area contributed by atoms with E-state index < -0.39 is 0 Å². The lowest BCUT2D eigenvalue weighted by Gasteiger charge is -2.27. The highest BCUT2D eigenvalue weighted by atomic mass is 32.1. The van der Waals surface area contributed by atoms with Crippen LogP contribution in [-0.2, 0) is 30.6 Å². The number of amides is 3. The van der Waals surface area contributed by atoms with Crippen LogP contribution in [0.3, 0.4) is 0 Å². The largest absolute Gasteiger partial charge is 0.496 e. The van der Waals surface area contributed by atoms with Crippen LogP contribution in [0.2, 0.25) is 0 Å². The molecule has 3 aromatic rings. The number of benzene rings is 1. The zero-order valence-electron chi connectivity index (χ0n) is 19.5. The zero-order chi connectivity index (χ0) is 24.6. The molecule has 0 fully saturated rings. The van der Waals surface area contributed by atoms with Gasteiger partial charge >= 0.3 is 6.03 Å². The fourth-order valence-corrected chi connectivity index (χ4v) is 5.33. The quantitative estimate of drug-likeness (QED) is 0.499. The van der Waals surface area contributed by atoms with Crippen LogP contribution in [0, 0.1) is 11.3 Å². The summed E-state index contributed by atoms with van der Waals surface area (Å²) in [5, 5.41) is 16.2. The van der Waals surface area contributed by atoms with Gasteiger partial charge in [-0.2, -0.15) is 5.26 Å². The molecule has 0 aliphatic carbocycles. The Balaban J connectivity index is 1.34. The first-order valence-electron chi connectivity index (χ1n) is 11.5. The van der Waals surface area contributed by atoms with E-state index in [1.54, 1.807) is 24.4 Å². The minimum Gasteiger partial charge on any atom is -0.496 e. The van der Waals surface area contributed by atoms with E-state index in [0.717, 1.165) is 33.7 Å². The maximum absolute atomic E-state index is 12.7. The molecule has 1 aliphatic heterocycles. The SMILES string of the molecule is COc1ccccc1CCC(=O)Nc1sc2c(c1C#N)CCN(C(=O)NCCc1ccncc1)C2. The maximum Gasteiger partial charge on any atom is 0.317 e. The third kappa shape index (κ3) is 5.97. The number of aromatic nitrogens is 1. The molecule has 35 heavy (non-hydrogen) atoms. The van der Waals surface area contributed by atoms with Gasteiger partial charge in [0.25, 0.3) is 0 Å². The highest BCUT2D eigenvalue weighted by molar-refractivity contribution is 7.16. The van der Waals surface area contributed by atoms with Crippen LogP contribution >= 0.6 is 11.3 Å². The summed E-state index contributed by atoms with van der Waals surface area (Å²) in [6, 6.07) is 13.6.